The van der Waals surface area contributed by atoms with Crippen molar-refractivity contribution >= 4 is 51.5 Å². The number of fused-ring (bicyclic) bond motifs is 1. The largest absolute Gasteiger partial charge is 0.342 e. The number of benzene rings is 3. The molecule has 0 spiro atoms. The van der Waals surface area contributed by atoms with Gasteiger partial charge in [-0.25, -0.2) is 4.39 Å². The zero-order valence-corrected chi connectivity index (χ0v) is 22.1. The van der Waals surface area contributed by atoms with Crippen molar-refractivity contribution in [3.63, 3.8) is 0 Å². The fourth-order valence-corrected chi connectivity index (χ4v) is 5.64. The molecule has 1 aliphatic rings. The molecular formula is C30H26FN3O3S. The number of halogens is 1. The summed E-state index contributed by atoms with van der Waals surface area (Å²) in [6.07, 6.45) is 3.51. The van der Waals surface area contributed by atoms with Gasteiger partial charge in [0.05, 0.1) is 11.4 Å². The average Bonchev–Trinajstić information content (AvgIpc) is 3.34. The fourth-order valence-electron chi connectivity index (χ4n) is 4.81. The Morgan fingerprint density at radius 1 is 1.00 bits per heavy atom. The lowest BCUT2D eigenvalue weighted by atomic mass is 10.1. The Hall–Kier alpha value is -4.17. The molecular weight excluding hydrogens is 501 g/mol. The summed E-state index contributed by atoms with van der Waals surface area (Å²) in [6.45, 7) is 5.74. The first-order chi connectivity index (χ1) is 18.2. The van der Waals surface area contributed by atoms with Crippen LogP contribution >= 0.6 is 11.8 Å². The average molecular weight is 528 g/mol. The summed E-state index contributed by atoms with van der Waals surface area (Å²) < 4.78 is 16.2. The first-order valence-corrected chi connectivity index (χ1v) is 13.0. The highest BCUT2D eigenvalue weighted by atomic mass is 32.2. The number of carbonyl (C=O) groups excluding carboxylic acids is 3. The van der Waals surface area contributed by atoms with Gasteiger partial charge in [-0.3, -0.25) is 19.3 Å². The molecule has 0 unspecified atom stereocenters. The van der Waals surface area contributed by atoms with Crippen LogP contribution in [0.15, 0.2) is 71.8 Å². The molecule has 6 nitrogen and oxygen atoms in total. The van der Waals surface area contributed by atoms with Crippen LogP contribution in [0.4, 0.5) is 14.9 Å². The first kappa shape index (κ1) is 25.5. The molecule has 4 aromatic rings. The molecule has 192 valence electrons. The Kier molecular flexibility index (Phi) is 6.91. The molecule has 5 rings (SSSR count). The molecule has 1 aliphatic heterocycles. The van der Waals surface area contributed by atoms with Gasteiger partial charge in [0, 0.05) is 33.9 Å². The summed E-state index contributed by atoms with van der Waals surface area (Å²) in [6, 6.07) is 18.2. The Morgan fingerprint density at radius 3 is 2.42 bits per heavy atom. The lowest BCUT2D eigenvalue weighted by Gasteiger charge is -2.15. The quantitative estimate of drug-likeness (QED) is 0.294. The van der Waals surface area contributed by atoms with Crippen molar-refractivity contribution in [3.8, 4) is 0 Å². The molecule has 1 saturated heterocycles. The maximum absolute atomic E-state index is 14.3. The van der Waals surface area contributed by atoms with E-state index in [1.54, 1.807) is 24.3 Å². The van der Waals surface area contributed by atoms with E-state index in [2.05, 4.69) is 5.32 Å². The van der Waals surface area contributed by atoms with Crippen molar-refractivity contribution in [3.05, 3.63) is 105 Å². The predicted octanol–water partition coefficient (Wildman–Crippen LogP) is 6.43. The minimum Gasteiger partial charge on any atom is -0.342 e. The number of thioether (sulfide) groups is 1. The zero-order valence-electron chi connectivity index (χ0n) is 21.2. The molecule has 8 heteroatoms. The minimum absolute atomic E-state index is 0.235. The molecule has 0 atom stereocenters. The van der Waals surface area contributed by atoms with Gasteiger partial charge in [0.1, 0.15) is 12.4 Å². The standard InChI is InChI=1S/C30H26FN3O3S/c1-18-12-19(2)28(20(3)13-18)32-27(35)17-34-29(36)26(38-30(34)37)14-22-16-33(25-11-7-5-9-23(22)25)15-21-8-4-6-10-24(21)31/h4-14,16H,15,17H2,1-3H3,(H,32,35)/b26-14-. The van der Waals surface area contributed by atoms with Crippen molar-refractivity contribution in [1.82, 2.24) is 9.47 Å². The van der Waals surface area contributed by atoms with E-state index in [0.29, 0.717) is 17.8 Å². The second kappa shape index (κ2) is 10.3. The zero-order chi connectivity index (χ0) is 27.0. The van der Waals surface area contributed by atoms with Crippen molar-refractivity contribution in [1.29, 1.82) is 0 Å². The first-order valence-electron chi connectivity index (χ1n) is 12.2. The maximum atomic E-state index is 14.3. The maximum Gasteiger partial charge on any atom is 0.294 e. The molecule has 0 aliphatic carbocycles. The predicted molar refractivity (Wildman–Crippen MR) is 149 cm³/mol. The summed E-state index contributed by atoms with van der Waals surface area (Å²) in [5, 5.41) is 3.22. The highest BCUT2D eigenvalue weighted by Crippen LogP contribution is 2.34. The molecule has 2 heterocycles. The number of anilines is 1. The lowest BCUT2D eigenvalue weighted by molar-refractivity contribution is -0.127. The topological polar surface area (TPSA) is 71.4 Å². The smallest absolute Gasteiger partial charge is 0.294 e. The number of carbonyl (C=O) groups is 3. The van der Waals surface area contributed by atoms with Crippen LogP contribution in [-0.4, -0.2) is 33.1 Å². The Bertz CT molecular complexity index is 1620. The van der Waals surface area contributed by atoms with E-state index in [0.717, 1.165) is 49.8 Å². The molecule has 1 aromatic heterocycles. The van der Waals surface area contributed by atoms with E-state index in [1.165, 1.54) is 6.07 Å². The number of aryl methyl sites for hydroxylation is 3. The molecule has 0 radical (unpaired) electrons. The van der Waals surface area contributed by atoms with Crippen LogP contribution in [0.3, 0.4) is 0 Å². The normalized spacial score (nSPS) is 14.6. The van der Waals surface area contributed by atoms with Crippen LogP contribution in [0.2, 0.25) is 0 Å². The monoisotopic (exact) mass is 527 g/mol. The van der Waals surface area contributed by atoms with Gasteiger partial charge in [0.15, 0.2) is 0 Å². The molecule has 0 bridgehead atoms. The van der Waals surface area contributed by atoms with Crippen molar-refractivity contribution < 1.29 is 18.8 Å². The number of nitrogens with one attached hydrogen (secondary N) is 1. The fraction of sp³-hybridized carbons (Fsp3) is 0.167. The second-order valence-electron chi connectivity index (χ2n) is 9.41. The highest BCUT2D eigenvalue weighted by Gasteiger charge is 2.36. The van der Waals surface area contributed by atoms with E-state index >= 15 is 0 Å². The van der Waals surface area contributed by atoms with Gasteiger partial charge < -0.3 is 9.88 Å². The third-order valence-corrected chi connectivity index (χ3v) is 7.43. The lowest BCUT2D eigenvalue weighted by Crippen LogP contribution is -2.36. The van der Waals surface area contributed by atoms with E-state index in [9.17, 15) is 18.8 Å². The van der Waals surface area contributed by atoms with E-state index in [4.69, 9.17) is 0 Å². The second-order valence-corrected chi connectivity index (χ2v) is 10.4. The van der Waals surface area contributed by atoms with E-state index in [-0.39, 0.29) is 17.3 Å². The number of aromatic nitrogens is 1. The number of para-hydroxylation sites is 1. The van der Waals surface area contributed by atoms with Crippen LogP contribution in [-0.2, 0) is 16.1 Å². The minimum atomic E-state index is -0.515. The molecule has 38 heavy (non-hydrogen) atoms. The third kappa shape index (κ3) is 4.99. The molecule has 3 aromatic carbocycles. The van der Waals surface area contributed by atoms with Gasteiger partial charge in [-0.1, -0.05) is 54.1 Å². The third-order valence-electron chi connectivity index (χ3n) is 6.52. The van der Waals surface area contributed by atoms with Gasteiger partial charge in [-0.05, 0) is 61.9 Å². The SMILES string of the molecule is Cc1cc(C)c(NC(=O)CN2C(=O)S/C(=C\c3cn(Cc4ccccc4F)c4ccccc34)C2=O)c(C)c1. The summed E-state index contributed by atoms with van der Waals surface area (Å²) in [7, 11) is 0. The Morgan fingerprint density at radius 2 is 1.68 bits per heavy atom. The molecule has 0 saturated carbocycles. The molecule has 1 N–H and O–H groups in total. The van der Waals surface area contributed by atoms with Crippen LogP contribution in [0, 0.1) is 26.6 Å². The van der Waals surface area contributed by atoms with Gasteiger partial charge in [-0.2, -0.15) is 0 Å². The molecule has 3 amide bonds. The highest BCUT2D eigenvalue weighted by molar-refractivity contribution is 8.18. The van der Waals surface area contributed by atoms with Crippen LogP contribution in [0.1, 0.15) is 27.8 Å². The van der Waals surface area contributed by atoms with Gasteiger partial charge >= 0.3 is 0 Å². The number of nitrogens with zero attached hydrogens (tertiary/aromatic N) is 2. The molecule has 1 fully saturated rings. The van der Waals surface area contributed by atoms with Crippen LogP contribution in [0.5, 0.6) is 0 Å². The van der Waals surface area contributed by atoms with Gasteiger partial charge in [0.25, 0.3) is 11.1 Å². The van der Waals surface area contributed by atoms with Crippen LogP contribution < -0.4 is 5.32 Å². The van der Waals surface area contributed by atoms with Crippen LogP contribution in [0.25, 0.3) is 17.0 Å². The Balaban J connectivity index is 1.38. The van der Waals surface area contributed by atoms with Crippen molar-refractivity contribution in [2.24, 2.45) is 0 Å². The Labute approximate surface area is 224 Å². The van der Waals surface area contributed by atoms with Crippen molar-refractivity contribution in [2.45, 2.75) is 27.3 Å². The van der Waals surface area contributed by atoms with E-state index in [1.807, 2.05) is 67.9 Å². The van der Waals surface area contributed by atoms with Gasteiger partial charge in [-0.15, -0.1) is 0 Å². The van der Waals surface area contributed by atoms with Gasteiger partial charge in [0.2, 0.25) is 5.91 Å². The number of amides is 3. The van der Waals surface area contributed by atoms with Crippen molar-refractivity contribution in [2.75, 3.05) is 11.9 Å². The summed E-state index contributed by atoms with van der Waals surface area (Å²) in [5.41, 5.74) is 5.76. The number of imide groups is 1. The summed E-state index contributed by atoms with van der Waals surface area (Å²) in [5.74, 6) is -1.24. The van der Waals surface area contributed by atoms with E-state index < -0.39 is 17.1 Å². The number of rotatable bonds is 6. The number of hydrogen-bond donors (Lipinski definition) is 1. The summed E-state index contributed by atoms with van der Waals surface area (Å²) >= 11 is 0.807. The summed E-state index contributed by atoms with van der Waals surface area (Å²) in [4.78, 5) is 39.8. The number of hydrogen-bond acceptors (Lipinski definition) is 4.